The van der Waals surface area contributed by atoms with Crippen LogP contribution in [0.5, 0.6) is 0 Å². The SMILES string of the molecule is CCCCCCCCC/C=C/C=C/CCCCCC(=O)OC(CCCCCCCCCCC)CC(=O)NC(CO)C(O)CCCCCCCCCCCCCCCCCCC. The molecule has 0 rings (SSSR count). The minimum absolute atomic E-state index is 0.0718. The summed E-state index contributed by atoms with van der Waals surface area (Å²) in [5.41, 5.74) is 0. The first-order chi connectivity index (χ1) is 30.0. The minimum Gasteiger partial charge on any atom is -0.462 e. The van der Waals surface area contributed by atoms with Crippen molar-refractivity contribution in [2.45, 2.75) is 309 Å². The van der Waals surface area contributed by atoms with Crippen molar-refractivity contribution >= 4 is 11.9 Å². The second-order valence-corrected chi connectivity index (χ2v) is 18.7. The Hall–Kier alpha value is -1.66. The number of aliphatic hydroxyl groups excluding tert-OH is 2. The Labute approximate surface area is 380 Å². The highest BCUT2D eigenvalue weighted by molar-refractivity contribution is 5.77. The van der Waals surface area contributed by atoms with Gasteiger partial charge in [0.15, 0.2) is 0 Å². The molecule has 6 heteroatoms. The van der Waals surface area contributed by atoms with Crippen LogP contribution in [-0.2, 0) is 14.3 Å². The van der Waals surface area contributed by atoms with Gasteiger partial charge in [0.25, 0.3) is 0 Å². The van der Waals surface area contributed by atoms with Crippen molar-refractivity contribution in [1.29, 1.82) is 0 Å². The van der Waals surface area contributed by atoms with Crippen molar-refractivity contribution in [3.8, 4) is 0 Å². The lowest BCUT2D eigenvalue weighted by Gasteiger charge is -2.24. The van der Waals surface area contributed by atoms with Crippen molar-refractivity contribution in [1.82, 2.24) is 5.32 Å². The molecular formula is C55H105NO5. The molecule has 1 amide bonds. The Kier molecular flexibility index (Phi) is 48.0. The Morgan fingerprint density at radius 3 is 1.21 bits per heavy atom. The lowest BCUT2D eigenvalue weighted by atomic mass is 10.0. The summed E-state index contributed by atoms with van der Waals surface area (Å²) >= 11 is 0. The molecule has 0 aliphatic heterocycles. The zero-order chi connectivity index (χ0) is 44.5. The van der Waals surface area contributed by atoms with Crippen molar-refractivity contribution in [3.05, 3.63) is 24.3 Å². The van der Waals surface area contributed by atoms with E-state index >= 15 is 0 Å². The van der Waals surface area contributed by atoms with Crippen LogP contribution in [0, 0.1) is 0 Å². The number of carbonyl (C=O) groups excluding carboxylic acids is 2. The quantitative estimate of drug-likeness (QED) is 0.0322. The van der Waals surface area contributed by atoms with Gasteiger partial charge in [-0.1, -0.05) is 251 Å². The Morgan fingerprint density at radius 1 is 0.475 bits per heavy atom. The normalized spacial score (nSPS) is 13.3. The molecule has 0 saturated carbocycles. The molecule has 0 radical (unpaired) electrons. The number of hydrogen-bond donors (Lipinski definition) is 3. The van der Waals surface area contributed by atoms with Crippen LogP contribution in [-0.4, -0.2) is 46.9 Å². The zero-order valence-corrected chi connectivity index (χ0v) is 41.1. The summed E-state index contributed by atoms with van der Waals surface area (Å²) in [6.45, 7) is 6.48. The molecule has 61 heavy (non-hydrogen) atoms. The summed E-state index contributed by atoms with van der Waals surface area (Å²) < 4.78 is 5.91. The maximum Gasteiger partial charge on any atom is 0.306 e. The fourth-order valence-corrected chi connectivity index (χ4v) is 8.42. The number of allylic oxidation sites excluding steroid dienone is 4. The third-order valence-corrected chi connectivity index (χ3v) is 12.6. The fourth-order valence-electron chi connectivity index (χ4n) is 8.42. The Bertz CT molecular complexity index is 966. The second kappa shape index (κ2) is 49.4. The second-order valence-electron chi connectivity index (χ2n) is 18.7. The first kappa shape index (κ1) is 59.3. The third-order valence-electron chi connectivity index (χ3n) is 12.6. The average molecular weight is 860 g/mol. The maximum atomic E-state index is 13.2. The van der Waals surface area contributed by atoms with E-state index in [0.717, 1.165) is 57.8 Å². The van der Waals surface area contributed by atoms with Crippen LogP contribution in [0.3, 0.4) is 0 Å². The molecular weight excluding hydrogens is 755 g/mol. The summed E-state index contributed by atoms with van der Waals surface area (Å²) in [5, 5.41) is 23.8. The highest BCUT2D eigenvalue weighted by Crippen LogP contribution is 2.18. The highest BCUT2D eigenvalue weighted by atomic mass is 16.5. The van der Waals surface area contributed by atoms with Gasteiger partial charge in [0.2, 0.25) is 5.91 Å². The van der Waals surface area contributed by atoms with E-state index in [9.17, 15) is 19.8 Å². The molecule has 3 unspecified atom stereocenters. The molecule has 0 saturated heterocycles. The standard InChI is InChI=1S/C55H105NO5/c1-4-7-10-13-16-19-21-23-25-27-28-30-32-35-38-41-44-47-53(58)52(50-57)56-54(59)49-51(46-43-40-37-34-18-15-12-9-6-3)61-55(60)48-45-42-39-36-33-31-29-26-24-22-20-17-14-11-8-5-2/h26,29,31,33,51-53,57-58H,4-25,27-28,30,32,34-50H2,1-3H3,(H,56,59)/b29-26+,33-31+. The Morgan fingerprint density at radius 2 is 0.820 bits per heavy atom. The van der Waals surface area contributed by atoms with E-state index in [2.05, 4.69) is 50.4 Å². The highest BCUT2D eigenvalue weighted by Gasteiger charge is 2.24. The fraction of sp³-hybridized carbons (Fsp3) is 0.891. The maximum absolute atomic E-state index is 13.2. The molecule has 0 aromatic rings. The number of unbranched alkanes of at least 4 members (excludes halogenated alkanes) is 34. The van der Waals surface area contributed by atoms with E-state index < -0.39 is 18.2 Å². The molecule has 360 valence electrons. The molecule has 0 aromatic heterocycles. The van der Waals surface area contributed by atoms with Crippen LogP contribution in [0.1, 0.15) is 290 Å². The van der Waals surface area contributed by atoms with E-state index in [4.69, 9.17) is 4.74 Å². The summed E-state index contributed by atoms with van der Waals surface area (Å²) in [4.78, 5) is 26.1. The molecule has 3 atom stereocenters. The van der Waals surface area contributed by atoms with Gasteiger partial charge < -0.3 is 20.3 Å². The number of hydrogen-bond acceptors (Lipinski definition) is 5. The zero-order valence-electron chi connectivity index (χ0n) is 41.1. The minimum atomic E-state index is -0.788. The summed E-state index contributed by atoms with van der Waals surface area (Å²) in [6.07, 6.45) is 56.8. The molecule has 0 heterocycles. The van der Waals surface area contributed by atoms with Crippen LogP contribution >= 0.6 is 0 Å². The number of carbonyl (C=O) groups is 2. The van der Waals surface area contributed by atoms with Crippen molar-refractivity contribution in [2.75, 3.05) is 6.61 Å². The smallest absolute Gasteiger partial charge is 0.306 e. The molecule has 0 spiro atoms. The largest absolute Gasteiger partial charge is 0.462 e. The van der Waals surface area contributed by atoms with Gasteiger partial charge in [0.1, 0.15) is 6.10 Å². The van der Waals surface area contributed by atoms with Crippen molar-refractivity contribution < 1.29 is 24.5 Å². The predicted molar refractivity (Wildman–Crippen MR) is 264 cm³/mol. The molecule has 0 bridgehead atoms. The summed E-state index contributed by atoms with van der Waals surface area (Å²) in [7, 11) is 0. The van der Waals surface area contributed by atoms with Crippen LogP contribution in [0.2, 0.25) is 0 Å². The van der Waals surface area contributed by atoms with E-state index in [1.807, 2.05) is 0 Å². The van der Waals surface area contributed by atoms with E-state index in [1.54, 1.807) is 0 Å². The molecule has 0 aliphatic carbocycles. The first-order valence-corrected chi connectivity index (χ1v) is 27.1. The number of ether oxygens (including phenoxy) is 1. The Balaban J connectivity index is 4.43. The monoisotopic (exact) mass is 860 g/mol. The molecule has 0 aliphatic rings. The molecule has 3 N–H and O–H groups in total. The van der Waals surface area contributed by atoms with Gasteiger partial charge in [-0.05, 0) is 51.4 Å². The van der Waals surface area contributed by atoms with Gasteiger partial charge in [0.05, 0.1) is 25.2 Å². The number of esters is 1. The van der Waals surface area contributed by atoms with Crippen molar-refractivity contribution in [2.24, 2.45) is 0 Å². The van der Waals surface area contributed by atoms with Crippen LogP contribution < -0.4 is 5.32 Å². The number of rotatable bonds is 49. The molecule has 0 aromatic carbocycles. The first-order valence-electron chi connectivity index (χ1n) is 27.1. The van der Waals surface area contributed by atoms with Gasteiger partial charge in [-0.2, -0.15) is 0 Å². The lowest BCUT2D eigenvalue weighted by molar-refractivity contribution is -0.151. The van der Waals surface area contributed by atoms with Crippen LogP contribution in [0.25, 0.3) is 0 Å². The van der Waals surface area contributed by atoms with Crippen LogP contribution in [0.15, 0.2) is 24.3 Å². The van der Waals surface area contributed by atoms with Gasteiger partial charge in [-0.25, -0.2) is 0 Å². The molecule has 0 fully saturated rings. The van der Waals surface area contributed by atoms with Crippen molar-refractivity contribution in [3.63, 3.8) is 0 Å². The van der Waals surface area contributed by atoms with Gasteiger partial charge in [-0.15, -0.1) is 0 Å². The average Bonchev–Trinajstić information content (AvgIpc) is 3.25. The predicted octanol–water partition coefficient (Wildman–Crippen LogP) is 16.3. The number of aliphatic hydroxyl groups is 2. The summed E-state index contributed by atoms with van der Waals surface area (Å²) in [5.74, 6) is -0.493. The number of nitrogens with one attached hydrogen (secondary N) is 1. The number of amides is 1. The lowest BCUT2D eigenvalue weighted by Crippen LogP contribution is -2.46. The summed E-state index contributed by atoms with van der Waals surface area (Å²) in [6, 6.07) is -0.702. The van der Waals surface area contributed by atoms with Gasteiger partial charge >= 0.3 is 5.97 Å². The molecule has 6 nitrogen and oxygen atoms in total. The van der Waals surface area contributed by atoms with E-state index in [0.29, 0.717) is 19.3 Å². The van der Waals surface area contributed by atoms with Crippen LogP contribution in [0.4, 0.5) is 0 Å². The third kappa shape index (κ3) is 44.7. The van der Waals surface area contributed by atoms with E-state index in [-0.39, 0.29) is 24.9 Å². The topological polar surface area (TPSA) is 95.9 Å². The van der Waals surface area contributed by atoms with E-state index in [1.165, 1.54) is 186 Å². The van der Waals surface area contributed by atoms with Gasteiger partial charge in [-0.3, -0.25) is 9.59 Å². The van der Waals surface area contributed by atoms with Gasteiger partial charge in [0, 0.05) is 6.42 Å².